The summed E-state index contributed by atoms with van der Waals surface area (Å²) in [6.07, 6.45) is -5.69. The summed E-state index contributed by atoms with van der Waals surface area (Å²) in [5.41, 5.74) is -1.75. The number of nitrogens with one attached hydrogen (secondary N) is 1. The fourth-order valence-corrected chi connectivity index (χ4v) is 7.05. The van der Waals surface area contributed by atoms with Crippen molar-refractivity contribution in [3.05, 3.63) is 53.7 Å². The van der Waals surface area contributed by atoms with E-state index >= 15 is 4.39 Å². The van der Waals surface area contributed by atoms with Gasteiger partial charge in [0.15, 0.2) is 9.84 Å². The van der Waals surface area contributed by atoms with Crippen LogP contribution in [0.25, 0.3) is 11.5 Å². The number of benzene rings is 2. The van der Waals surface area contributed by atoms with Crippen LogP contribution in [0.1, 0.15) is 63.8 Å². The Hall–Kier alpha value is -4.35. The van der Waals surface area contributed by atoms with Crippen LogP contribution in [0.15, 0.2) is 45.7 Å². The molecule has 1 fully saturated rings. The Morgan fingerprint density at radius 1 is 1.10 bits per heavy atom. The summed E-state index contributed by atoms with van der Waals surface area (Å²) < 4.78 is 125. The van der Waals surface area contributed by atoms with E-state index in [0.717, 1.165) is 23.1 Å². The standard InChI is InChI=1S/C30H30F6N4O7S/c1-28(2,3)47-27(42)37-21-15-48(43,44)23-13-20(31)18(24-38-39-25(45-24)19-6-4-5-11-29(19,32)33)12-22(23)40(26(21)41)14-16-7-9-17(10-8-16)46-30(34,35)36/h7-10,12-13,19,21H,4-6,11,14-15H2,1-3H3,(H,37,42)/t19?,21-/m0/s1. The second-order valence-electron chi connectivity index (χ2n) is 12.4. The zero-order valence-corrected chi connectivity index (χ0v) is 26.6. The Labute approximate surface area is 270 Å². The van der Waals surface area contributed by atoms with Gasteiger partial charge in [0.1, 0.15) is 29.1 Å². The normalized spacial score (nSPS) is 20.9. The van der Waals surface area contributed by atoms with Gasteiger partial charge in [-0.2, -0.15) is 0 Å². The summed E-state index contributed by atoms with van der Waals surface area (Å²) in [5.74, 6) is -9.33. The van der Waals surface area contributed by atoms with E-state index in [1.165, 1.54) is 32.9 Å². The highest BCUT2D eigenvalue weighted by atomic mass is 32.2. The van der Waals surface area contributed by atoms with Crippen LogP contribution in [-0.4, -0.2) is 60.3 Å². The number of halogens is 6. The lowest BCUT2D eigenvalue weighted by atomic mass is 9.85. The third kappa shape index (κ3) is 7.85. The molecule has 3 aromatic rings. The number of ether oxygens (including phenoxy) is 2. The van der Waals surface area contributed by atoms with Gasteiger partial charge in [-0.1, -0.05) is 18.6 Å². The first kappa shape index (κ1) is 35.0. The molecule has 2 heterocycles. The van der Waals surface area contributed by atoms with Crippen molar-refractivity contribution in [1.82, 2.24) is 15.5 Å². The lowest BCUT2D eigenvalue weighted by Gasteiger charge is -2.28. The average Bonchev–Trinajstić information content (AvgIpc) is 3.41. The molecule has 48 heavy (non-hydrogen) atoms. The largest absolute Gasteiger partial charge is 0.573 e. The Balaban J connectivity index is 1.58. The van der Waals surface area contributed by atoms with Crippen LogP contribution in [-0.2, 0) is 25.9 Å². The SMILES string of the molecule is CC(C)(C)OC(=O)N[C@H]1CS(=O)(=O)c2cc(F)c(-c3nnc(C4CCCCC4(F)F)o3)cc2N(Cc2ccc(OC(F)(F)F)cc2)C1=O. The maximum Gasteiger partial charge on any atom is 0.573 e. The number of nitrogens with zero attached hydrogens (tertiary/aromatic N) is 3. The molecule has 2 atom stereocenters. The summed E-state index contributed by atoms with van der Waals surface area (Å²) in [7, 11) is -4.53. The Morgan fingerprint density at radius 3 is 2.42 bits per heavy atom. The fourth-order valence-electron chi connectivity index (χ4n) is 5.43. The van der Waals surface area contributed by atoms with E-state index in [0.29, 0.717) is 18.9 Å². The van der Waals surface area contributed by atoms with Crippen LogP contribution < -0.4 is 15.0 Å². The first-order valence-corrected chi connectivity index (χ1v) is 16.3. The molecule has 1 aliphatic carbocycles. The monoisotopic (exact) mass is 704 g/mol. The van der Waals surface area contributed by atoms with Crippen molar-refractivity contribution in [3.63, 3.8) is 0 Å². The number of sulfone groups is 1. The number of fused-ring (bicyclic) bond motifs is 1. The van der Waals surface area contributed by atoms with Gasteiger partial charge in [-0.15, -0.1) is 23.4 Å². The number of hydrogen-bond acceptors (Lipinski definition) is 9. The van der Waals surface area contributed by atoms with Crippen molar-refractivity contribution in [2.45, 2.75) is 87.7 Å². The topological polar surface area (TPSA) is 141 Å². The smallest absolute Gasteiger partial charge is 0.444 e. The summed E-state index contributed by atoms with van der Waals surface area (Å²) in [6.45, 7) is 4.13. The Bertz CT molecular complexity index is 1810. The van der Waals surface area contributed by atoms with Crippen LogP contribution in [0, 0.1) is 5.82 Å². The second kappa shape index (κ2) is 12.6. The number of aromatic nitrogens is 2. The molecule has 260 valence electrons. The number of carbonyl (C=O) groups excluding carboxylic acids is 2. The van der Waals surface area contributed by atoms with Crippen molar-refractivity contribution in [3.8, 4) is 17.2 Å². The lowest BCUT2D eigenvalue weighted by molar-refractivity contribution is -0.274. The van der Waals surface area contributed by atoms with Gasteiger partial charge < -0.3 is 24.1 Å². The van der Waals surface area contributed by atoms with Gasteiger partial charge in [-0.3, -0.25) is 4.79 Å². The number of alkyl carbamates (subject to hydrolysis) is 1. The molecule has 1 aromatic heterocycles. The zero-order chi connectivity index (χ0) is 35.2. The predicted molar refractivity (Wildman–Crippen MR) is 155 cm³/mol. The molecule has 2 aliphatic rings. The van der Waals surface area contributed by atoms with Gasteiger partial charge in [-0.25, -0.2) is 26.4 Å². The highest BCUT2D eigenvalue weighted by molar-refractivity contribution is 7.91. The van der Waals surface area contributed by atoms with Crippen molar-refractivity contribution in [1.29, 1.82) is 0 Å². The minimum Gasteiger partial charge on any atom is -0.444 e. The maximum atomic E-state index is 15.6. The van der Waals surface area contributed by atoms with Crippen LogP contribution in [0.4, 0.5) is 36.8 Å². The molecule has 1 aliphatic heterocycles. The van der Waals surface area contributed by atoms with Crippen LogP contribution >= 0.6 is 0 Å². The van der Waals surface area contributed by atoms with Crippen molar-refractivity contribution in [2.24, 2.45) is 0 Å². The molecule has 18 heteroatoms. The van der Waals surface area contributed by atoms with Crippen LogP contribution in [0.3, 0.4) is 0 Å². The van der Waals surface area contributed by atoms with E-state index < -0.39 is 110 Å². The van der Waals surface area contributed by atoms with Gasteiger partial charge in [0.25, 0.3) is 17.7 Å². The Kier molecular flexibility index (Phi) is 9.17. The van der Waals surface area contributed by atoms with E-state index in [4.69, 9.17) is 9.15 Å². The number of anilines is 1. The van der Waals surface area contributed by atoms with E-state index in [9.17, 15) is 40.0 Å². The molecule has 0 bridgehead atoms. The molecule has 5 rings (SSSR count). The van der Waals surface area contributed by atoms with Crippen molar-refractivity contribution < 1.29 is 58.2 Å². The molecule has 1 N–H and O–H groups in total. The number of hydrogen-bond donors (Lipinski definition) is 1. The number of alkyl halides is 5. The summed E-state index contributed by atoms with van der Waals surface area (Å²) in [6, 6.07) is 4.08. The van der Waals surface area contributed by atoms with Crippen molar-refractivity contribution in [2.75, 3.05) is 10.7 Å². The summed E-state index contributed by atoms with van der Waals surface area (Å²) in [5, 5.41) is 9.67. The molecule has 1 unspecified atom stereocenters. The quantitative estimate of drug-likeness (QED) is 0.294. The third-order valence-corrected chi connectivity index (χ3v) is 9.31. The van der Waals surface area contributed by atoms with E-state index in [1.807, 2.05) is 0 Å². The number of carbonyl (C=O) groups is 2. The minimum absolute atomic E-state index is 0.0423. The molecule has 11 nitrogen and oxygen atoms in total. The maximum absolute atomic E-state index is 15.6. The number of amides is 2. The highest BCUT2D eigenvalue weighted by Crippen LogP contribution is 2.45. The molecule has 0 radical (unpaired) electrons. The molecule has 0 saturated heterocycles. The fraction of sp³-hybridized carbons (Fsp3) is 0.467. The minimum atomic E-state index is -4.97. The third-order valence-electron chi connectivity index (χ3n) is 7.55. The predicted octanol–water partition coefficient (Wildman–Crippen LogP) is 6.28. The first-order chi connectivity index (χ1) is 22.2. The van der Waals surface area contributed by atoms with E-state index in [2.05, 4.69) is 20.3 Å². The van der Waals surface area contributed by atoms with Gasteiger partial charge in [-0.05, 0) is 63.4 Å². The highest BCUT2D eigenvalue weighted by Gasteiger charge is 2.46. The zero-order valence-electron chi connectivity index (χ0n) is 25.7. The molecular formula is C30H30F6N4O7S. The summed E-state index contributed by atoms with van der Waals surface area (Å²) in [4.78, 5) is 26.8. The van der Waals surface area contributed by atoms with Gasteiger partial charge in [0.05, 0.1) is 28.4 Å². The van der Waals surface area contributed by atoms with Gasteiger partial charge >= 0.3 is 12.5 Å². The van der Waals surface area contributed by atoms with Crippen LogP contribution in [0.5, 0.6) is 5.75 Å². The molecule has 2 amide bonds. The average molecular weight is 705 g/mol. The molecule has 0 spiro atoms. The van der Waals surface area contributed by atoms with Gasteiger partial charge in [0.2, 0.25) is 5.89 Å². The Morgan fingerprint density at radius 2 is 1.79 bits per heavy atom. The first-order valence-electron chi connectivity index (χ1n) is 14.7. The molecule has 1 saturated carbocycles. The lowest BCUT2D eigenvalue weighted by Crippen LogP contribution is -2.51. The van der Waals surface area contributed by atoms with Gasteiger partial charge in [0, 0.05) is 6.42 Å². The van der Waals surface area contributed by atoms with Crippen LogP contribution in [0.2, 0.25) is 0 Å². The molecular weight excluding hydrogens is 674 g/mol. The van der Waals surface area contributed by atoms with E-state index in [1.54, 1.807) is 0 Å². The van der Waals surface area contributed by atoms with Crippen molar-refractivity contribution >= 4 is 27.5 Å². The molecule has 2 aromatic carbocycles. The summed E-state index contributed by atoms with van der Waals surface area (Å²) >= 11 is 0. The second-order valence-corrected chi connectivity index (χ2v) is 14.4. The van der Waals surface area contributed by atoms with E-state index in [-0.39, 0.29) is 12.0 Å². The number of rotatable bonds is 6.